The van der Waals surface area contributed by atoms with E-state index in [1.54, 1.807) is 0 Å². The number of amides is 1. The molecule has 3 N–H and O–H groups in total. The van der Waals surface area contributed by atoms with Crippen molar-refractivity contribution < 1.29 is 13.2 Å². The van der Waals surface area contributed by atoms with Crippen molar-refractivity contribution in [2.45, 2.75) is 57.9 Å². The smallest absolute Gasteiger partial charge is 0.220 e. The van der Waals surface area contributed by atoms with E-state index in [-0.39, 0.29) is 24.1 Å². The molecule has 1 amide bonds. The summed E-state index contributed by atoms with van der Waals surface area (Å²) in [6, 6.07) is 0. The van der Waals surface area contributed by atoms with Crippen molar-refractivity contribution in [1.29, 1.82) is 0 Å². The minimum absolute atomic E-state index is 0. The Morgan fingerprint density at radius 1 is 1.15 bits per heavy atom. The molecule has 0 atom stereocenters. The second-order valence-corrected chi connectivity index (χ2v) is 8.02. The van der Waals surface area contributed by atoms with E-state index in [0.29, 0.717) is 19.4 Å². The van der Waals surface area contributed by atoms with E-state index < -0.39 is 15.4 Å². The monoisotopic (exact) mass is 328 g/mol. The molecule has 0 saturated carbocycles. The van der Waals surface area contributed by atoms with Crippen LogP contribution in [0, 0.1) is 0 Å². The molecule has 0 unspecified atom stereocenters. The van der Waals surface area contributed by atoms with Gasteiger partial charge in [-0.2, -0.15) is 0 Å². The van der Waals surface area contributed by atoms with Crippen LogP contribution in [-0.2, 0) is 14.6 Å². The topological polar surface area (TPSA) is 89.3 Å². The van der Waals surface area contributed by atoms with Crippen molar-refractivity contribution in [3.8, 4) is 0 Å². The zero-order valence-electron chi connectivity index (χ0n) is 12.8. The maximum atomic E-state index is 11.7. The maximum absolute atomic E-state index is 11.7. The van der Waals surface area contributed by atoms with Crippen LogP contribution in [0.4, 0.5) is 0 Å². The minimum atomic E-state index is -2.98. The lowest BCUT2D eigenvalue weighted by Crippen LogP contribution is -2.44. The summed E-state index contributed by atoms with van der Waals surface area (Å²) in [5.41, 5.74) is 4.92. The predicted molar refractivity (Wildman–Crippen MR) is 85.9 cm³/mol. The Balaban J connectivity index is 0. The number of sulfone groups is 1. The lowest BCUT2D eigenvalue weighted by atomic mass is 10.0. The molecule has 0 aliphatic carbocycles. The van der Waals surface area contributed by atoms with Gasteiger partial charge in [-0.1, -0.05) is 12.8 Å². The van der Waals surface area contributed by atoms with Crippen molar-refractivity contribution in [3.05, 3.63) is 0 Å². The van der Waals surface area contributed by atoms with Crippen LogP contribution < -0.4 is 11.1 Å². The molecule has 0 bridgehead atoms. The molecule has 7 heteroatoms. The normalized spacial score (nSPS) is 11.8. The standard InChI is InChI=1S/C13H28N2O3S.ClH/c1-13(2,9-11-19(3,17)18)15-12(16)8-6-4-5-7-10-14;/h4-11,14H2,1-3H3,(H,15,16);1H. The van der Waals surface area contributed by atoms with Crippen molar-refractivity contribution in [3.63, 3.8) is 0 Å². The van der Waals surface area contributed by atoms with Crippen LogP contribution in [0.25, 0.3) is 0 Å². The average molecular weight is 329 g/mol. The first kappa shape index (κ1) is 22.0. The molecule has 0 aromatic carbocycles. The first-order valence-electron chi connectivity index (χ1n) is 6.85. The highest BCUT2D eigenvalue weighted by Crippen LogP contribution is 2.11. The van der Waals surface area contributed by atoms with E-state index in [0.717, 1.165) is 25.7 Å². The van der Waals surface area contributed by atoms with Gasteiger partial charge in [-0.3, -0.25) is 4.79 Å². The third-order valence-electron chi connectivity index (χ3n) is 2.93. The lowest BCUT2D eigenvalue weighted by molar-refractivity contribution is -0.122. The molecular formula is C13H29ClN2O3S. The van der Waals surface area contributed by atoms with Gasteiger partial charge >= 0.3 is 0 Å². The van der Waals surface area contributed by atoms with E-state index in [9.17, 15) is 13.2 Å². The van der Waals surface area contributed by atoms with Crippen molar-refractivity contribution >= 4 is 28.2 Å². The second-order valence-electron chi connectivity index (χ2n) is 5.76. The second kappa shape index (κ2) is 10.4. The number of rotatable bonds is 10. The zero-order chi connectivity index (χ0) is 14.9. The molecule has 0 fully saturated rings. The van der Waals surface area contributed by atoms with E-state index in [2.05, 4.69) is 5.32 Å². The third kappa shape index (κ3) is 14.1. The first-order valence-corrected chi connectivity index (χ1v) is 8.91. The minimum Gasteiger partial charge on any atom is -0.351 e. The fourth-order valence-electron chi connectivity index (χ4n) is 1.73. The molecule has 0 aromatic heterocycles. The highest BCUT2D eigenvalue weighted by atomic mass is 35.5. The Morgan fingerprint density at radius 2 is 1.70 bits per heavy atom. The molecule has 0 aromatic rings. The number of nitrogens with two attached hydrogens (primary N) is 1. The van der Waals surface area contributed by atoms with Crippen molar-refractivity contribution in [1.82, 2.24) is 5.32 Å². The van der Waals surface area contributed by atoms with Gasteiger partial charge < -0.3 is 11.1 Å². The Hall–Kier alpha value is -0.330. The highest BCUT2D eigenvalue weighted by Gasteiger charge is 2.21. The SMILES string of the molecule is CC(C)(CCS(C)(=O)=O)NC(=O)CCCCCCN.Cl. The summed E-state index contributed by atoms with van der Waals surface area (Å²) in [6.07, 6.45) is 6.06. The van der Waals surface area contributed by atoms with Crippen LogP contribution in [0.2, 0.25) is 0 Å². The number of halogens is 1. The summed E-state index contributed by atoms with van der Waals surface area (Å²) >= 11 is 0. The Morgan fingerprint density at radius 3 is 2.20 bits per heavy atom. The van der Waals surface area contributed by atoms with Crippen LogP contribution >= 0.6 is 12.4 Å². The van der Waals surface area contributed by atoms with Crippen LogP contribution in [0.5, 0.6) is 0 Å². The van der Waals surface area contributed by atoms with Crippen LogP contribution in [-0.4, -0.2) is 38.4 Å². The maximum Gasteiger partial charge on any atom is 0.220 e. The van der Waals surface area contributed by atoms with Gasteiger partial charge in [0.1, 0.15) is 9.84 Å². The Bertz CT molecular complexity index is 370. The summed E-state index contributed by atoms with van der Waals surface area (Å²) in [5.74, 6) is 0.0859. The van der Waals surface area contributed by atoms with Crippen LogP contribution in [0.3, 0.4) is 0 Å². The number of hydrogen-bond acceptors (Lipinski definition) is 4. The van der Waals surface area contributed by atoms with Gasteiger partial charge in [0.2, 0.25) is 5.91 Å². The number of nitrogens with one attached hydrogen (secondary N) is 1. The molecule has 0 saturated heterocycles. The molecule has 0 rings (SSSR count). The van der Waals surface area contributed by atoms with Gasteiger partial charge in [0.15, 0.2) is 0 Å². The van der Waals surface area contributed by atoms with Crippen molar-refractivity contribution in [2.24, 2.45) is 5.73 Å². The van der Waals surface area contributed by atoms with Gasteiger partial charge in [0.25, 0.3) is 0 Å². The van der Waals surface area contributed by atoms with E-state index in [1.165, 1.54) is 6.26 Å². The number of hydrogen-bond donors (Lipinski definition) is 2. The number of unbranched alkanes of at least 4 members (excludes halogenated alkanes) is 3. The molecule has 5 nitrogen and oxygen atoms in total. The quantitative estimate of drug-likeness (QED) is 0.597. The molecule has 0 radical (unpaired) electrons. The fraction of sp³-hybridized carbons (Fsp3) is 0.923. The predicted octanol–water partition coefficient (Wildman–Crippen LogP) is 1.65. The molecule has 0 aliphatic rings. The number of carbonyl (C=O) groups is 1. The Kier molecular flexibility index (Phi) is 11.4. The first-order chi connectivity index (χ1) is 8.66. The summed E-state index contributed by atoms with van der Waals surface area (Å²) in [5, 5.41) is 2.89. The van der Waals surface area contributed by atoms with Gasteiger partial charge in [-0.15, -0.1) is 12.4 Å². The number of carbonyl (C=O) groups excluding carboxylic acids is 1. The van der Waals surface area contributed by atoms with Gasteiger partial charge in [-0.25, -0.2) is 8.42 Å². The summed E-state index contributed by atoms with van der Waals surface area (Å²) in [7, 11) is -2.98. The van der Waals surface area contributed by atoms with Gasteiger partial charge in [-0.05, 0) is 39.7 Å². The zero-order valence-corrected chi connectivity index (χ0v) is 14.4. The largest absolute Gasteiger partial charge is 0.351 e. The third-order valence-corrected chi connectivity index (χ3v) is 3.88. The molecule has 0 heterocycles. The molecular weight excluding hydrogens is 300 g/mol. The Labute approximate surface area is 129 Å². The highest BCUT2D eigenvalue weighted by molar-refractivity contribution is 7.90. The van der Waals surface area contributed by atoms with E-state index in [4.69, 9.17) is 5.73 Å². The van der Waals surface area contributed by atoms with Gasteiger partial charge in [0, 0.05) is 18.2 Å². The molecule has 0 spiro atoms. The fourth-order valence-corrected chi connectivity index (χ4v) is 2.61. The average Bonchev–Trinajstić information content (AvgIpc) is 2.25. The molecule has 0 aliphatic heterocycles. The summed E-state index contributed by atoms with van der Waals surface area (Å²) in [4.78, 5) is 11.7. The summed E-state index contributed by atoms with van der Waals surface area (Å²) in [6.45, 7) is 4.40. The lowest BCUT2D eigenvalue weighted by Gasteiger charge is -2.26. The van der Waals surface area contributed by atoms with Crippen LogP contribution in [0.15, 0.2) is 0 Å². The van der Waals surface area contributed by atoms with E-state index in [1.807, 2.05) is 13.8 Å². The molecule has 20 heavy (non-hydrogen) atoms. The van der Waals surface area contributed by atoms with Gasteiger partial charge in [0.05, 0.1) is 5.75 Å². The summed E-state index contributed by atoms with van der Waals surface area (Å²) < 4.78 is 22.2. The molecule has 122 valence electrons. The van der Waals surface area contributed by atoms with Crippen LogP contribution in [0.1, 0.15) is 52.4 Å². The van der Waals surface area contributed by atoms with E-state index >= 15 is 0 Å². The van der Waals surface area contributed by atoms with Crippen molar-refractivity contribution in [2.75, 3.05) is 18.6 Å².